The van der Waals surface area contributed by atoms with Crippen LogP contribution in [0.3, 0.4) is 0 Å². The molecule has 4 heteroatoms. The quantitative estimate of drug-likeness (QED) is 0.908. The Kier molecular flexibility index (Phi) is 5.71. The van der Waals surface area contributed by atoms with Crippen molar-refractivity contribution in [2.45, 2.75) is 20.3 Å². The van der Waals surface area contributed by atoms with E-state index < -0.39 is 0 Å². The summed E-state index contributed by atoms with van der Waals surface area (Å²) in [5.74, 6) is 0.0895. The van der Waals surface area contributed by atoms with Crippen LogP contribution in [0.5, 0.6) is 0 Å². The van der Waals surface area contributed by atoms with Crippen LogP contribution in [0.25, 0.3) is 0 Å². The maximum atomic E-state index is 12.1. The van der Waals surface area contributed by atoms with Crippen molar-refractivity contribution >= 4 is 17.3 Å². The van der Waals surface area contributed by atoms with Gasteiger partial charge in [-0.3, -0.25) is 9.69 Å². The molecule has 1 aliphatic rings. The molecule has 1 fully saturated rings. The molecule has 1 N–H and O–H groups in total. The van der Waals surface area contributed by atoms with Gasteiger partial charge in [-0.2, -0.15) is 0 Å². The summed E-state index contributed by atoms with van der Waals surface area (Å²) >= 11 is 0. The molecule has 0 saturated carbocycles. The van der Waals surface area contributed by atoms with Gasteiger partial charge in [0.2, 0.25) is 5.91 Å². The minimum absolute atomic E-state index is 0.0895. The van der Waals surface area contributed by atoms with Gasteiger partial charge in [0.25, 0.3) is 0 Å². The molecule has 4 nitrogen and oxygen atoms in total. The first-order chi connectivity index (χ1) is 12.1. The normalized spacial score (nSPS) is 15.2. The van der Waals surface area contributed by atoms with Gasteiger partial charge in [-0.05, 0) is 49.2 Å². The van der Waals surface area contributed by atoms with Crippen LogP contribution in [0.1, 0.15) is 17.5 Å². The molecule has 0 atom stereocenters. The SMILES string of the molecule is Cc1cccc(NC(=O)CCN2CCN(c3cccc(C)c3)CC2)c1. The number of benzene rings is 2. The van der Waals surface area contributed by atoms with Crippen LogP contribution < -0.4 is 10.2 Å². The fourth-order valence-corrected chi connectivity index (χ4v) is 3.26. The highest BCUT2D eigenvalue weighted by Gasteiger charge is 2.17. The first-order valence-corrected chi connectivity index (χ1v) is 9.01. The van der Waals surface area contributed by atoms with Gasteiger partial charge in [0, 0.05) is 50.5 Å². The average molecular weight is 337 g/mol. The van der Waals surface area contributed by atoms with Crippen molar-refractivity contribution in [3.63, 3.8) is 0 Å². The van der Waals surface area contributed by atoms with Crippen molar-refractivity contribution < 1.29 is 4.79 Å². The summed E-state index contributed by atoms with van der Waals surface area (Å²) in [7, 11) is 0. The van der Waals surface area contributed by atoms with Crippen LogP contribution in [0, 0.1) is 13.8 Å². The van der Waals surface area contributed by atoms with Gasteiger partial charge in [-0.15, -0.1) is 0 Å². The highest BCUT2D eigenvalue weighted by atomic mass is 16.1. The summed E-state index contributed by atoms with van der Waals surface area (Å²) in [5, 5.41) is 2.99. The number of nitrogens with one attached hydrogen (secondary N) is 1. The van der Waals surface area contributed by atoms with E-state index in [1.165, 1.54) is 11.3 Å². The zero-order valence-corrected chi connectivity index (χ0v) is 15.2. The molecule has 2 aromatic rings. The van der Waals surface area contributed by atoms with Crippen LogP contribution >= 0.6 is 0 Å². The van der Waals surface area contributed by atoms with E-state index in [4.69, 9.17) is 0 Å². The number of nitrogens with zero attached hydrogens (tertiary/aromatic N) is 2. The highest BCUT2D eigenvalue weighted by molar-refractivity contribution is 5.90. The summed E-state index contributed by atoms with van der Waals surface area (Å²) in [6.45, 7) is 9.03. The van der Waals surface area contributed by atoms with E-state index in [1.807, 2.05) is 31.2 Å². The van der Waals surface area contributed by atoms with E-state index in [0.717, 1.165) is 44.0 Å². The third-order valence-corrected chi connectivity index (χ3v) is 4.70. The first-order valence-electron chi connectivity index (χ1n) is 9.01. The third kappa shape index (κ3) is 5.07. The molecular weight excluding hydrogens is 310 g/mol. The number of piperazine rings is 1. The van der Waals surface area contributed by atoms with Crippen molar-refractivity contribution in [1.82, 2.24) is 4.90 Å². The summed E-state index contributed by atoms with van der Waals surface area (Å²) in [6, 6.07) is 16.6. The lowest BCUT2D eigenvalue weighted by molar-refractivity contribution is -0.116. The molecule has 0 spiro atoms. The van der Waals surface area contributed by atoms with E-state index in [1.54, 1.807) is 0 Å². The molecule has 0 unspecified atom stereocenters. The fraction of sp³-hybridized carbons (Fsp3) is 0.381. The average Bonchev–Trinajstić information content (AvgIpc) is 2.60. The van der Waals surface area contributed by atoms with Gasteiger partial charge in [-0.1, -0.05) is 24.3 Å². The summed E-state index contributed by atoms with van der Waals surface area (Å²) in [6.07, 6.45) is 0.540. The van der Waals surface area contributed by atoms with E-state index in [-0.39, 0.29) is 5.91 Å². The van der Waals surface area contributed by atoms with Gasteiger partial charge in [0.1, 0.15) is 0 Å². The molecule has 3 rings (SSSR count). The second kappa shape index (κ2) is 8.17. The van der Waals surface area contributed by atoms with Crippen LogP contribution in [-0.2, 0) is 4.79 Å². The van der Waals surface area contributed by atoms with E-state index in [0.29, 0.717) is 6.42 Å². The van der Waals surface area contributed by atoms with E-state index in [2.05, 4.69) is 46.3 Å². The van der Waals surface area contributed by atoms with Crippen LogP contribution in [0.15, 0.2) is 48.5 Å². The largest absolute Gasteiger partial charge is 0.369 e. The summed E-state index contributed by atoms with van der Waals surface area (Å²) < 4.78 is 0. The number of aryl methyl sites for hydroxylation is 2. The maximum absolute atomic E-state index is 12.1. The zero-order chi connectivity index (χ0) is 17.6. The van der Waals surface area contributed by atoms with Crippen molar-refractivity contribution in [2.75, 3.05) is 42.9 Å². The number of carbonyl (C=O) groups excluding carboxylic acids is 1. The monoisotopic (exact) mass is 337 g/mol. The molecule has 132 valence electrons. The standard InChI is InChI=1S/C21H27N3O/c1-17-5-3-7-19(15-17)22-21(25)9-10-23-11-13-24(14-12-23)20-8-4-6-18(2)16-20/h3-8,15-16H,9-14H2,1-2H3,(H,22,25). The Balaban J connectivity index is 1.42. The lowest BCUT2D eigenvalue weighted by Crippen LogP contribution is -2.47. The third-order valence-electron chi connectivity index (χ3n) is 4.70. The van der Waals surface area contributed by atoms with Crippen LogP contribution in [-0.4, -0.2) is 43.5 Å². The Labute approximate surface area is 150 Å². The van der Waals surface area contributed by atoms with Crippen LogP contribution in [0.4, 0.5) is 11.4 Å². The number of amides is 1. The Morgan fingerprint density at radius 1 is 0.960 bits per heavy atom. The maximum Gasteiger partial charge on any atom is 0.225 e. The topological polar surface area (TPSA) is 35.6 Å². The highest BCUT2D eigenvalue weighted by Crippen LogP contribution is 2.18. The number of anilines is 2. The molecule has 25 heavy (non-hydrogen) atoms. The van der Waals surface area contributed by atoms with Gasteiger partial charge in [-0.25, -0.2) is 0 Å². The smallest absolute Gasteiger partial charge is 0.225 e. The molecule has 2 aromatic carbocycles. The molecule has 1 amide bonds. The van der Waals surface area contributed by atoms with E-state index >= 15 is 0 Å². The predicted molar refractivity (Wildman–Crippen MR) is 104 cm³/mol. The van der Waals surface area contributed by atoms with Crippen molar-refractivity contribution in [2.24, 2.45) is 0 Å². The lowest BCUT2D eigenvalue weighted by atomic mass is 10.2. The first kappa shape index (κ1) is 17.5. The Hall–Kier alpha value is -2.33. The molecule has 0 aromatic heterocycles. The molecule has 1 aliphatic heterocycles. The Morgan fingerprint density at radius 3 is 2.32 bits per heavy atom. The lowest BCUT2D eigenvalue weighted by Gasteiger charge is -2.36. The van der Waals surface area contributed by atoms with Crippen LogP contribution in [0.2, 0.25) is 0 Å². The van der Waals surface area contributed by atoms with Gasteiger partial charge in [0.15, 0.2) is 0 Å². The zero-order valence-electron chi connectivity index (χ0n) is 15.2. The molecule has 0 aliphatic carbocycles. The van der Waals surface area contributed by atoms with Gasteiger partial charge < -0.3 is 10.2 Å². The molecule has 1 saturated heterocycles. The predicted octanol–water partition coefficient (Wildman–Crippen LogP) is 3.45. The van der Waals surface area contributed by atoms with Crippen molar-refractivity contribution in [3.8, 4) is 0 Å². The molecule has 0 bridgehead atoms. The molecule has 1 heterocycles. The number of hydrogen-bond donors (Lipinski definition) is 1. The van der Waals surface area contributed by atoms with Gasteiger partial charge in [0.05, 0.1) is 0 Å². The Morgan fingerprint density at radius 2 is 1.64 bits per heavy atom. The van der Waals surface area contributed by atoms with Gasteiger partial charge >= 0.3 is 0 Å². The molecular formula is C21H27N3O. The second-order valence-electron chi connectivity index (χ2n) is 6.84. The van der Waals surface area contributed by atoms with Crippen molar-refractivity contribution in [3.05, 3.63) is 59.7 Å². The number of rotatable bonds is 5. The Bertz CT molecular complexity index is 721. The number of carbonyl (C=O) groups is 1. The number of hydrogen-bond acceptors (Lipinski definition) is 3. The fourth-order valence-electron chi connectivity index (χ4n) is 3.26. The second-order valence-corrected chi connectivity index (χ2v) is 6.84. The summed E-state index contributed by atoms with van der Waals surface area (Å²) in [4.78, 5) is 16.9. The minimum Gasteiger partial charge on any atom is -0.369 e. The molecule has 0 radical (unpaired) electrons. The minimum atomic E-state index is 0.0895. The summed E-state index contributed by atoms with van der Waals surface area (Å²) in [5.41, 5.74) is 4.64. The van der Waals surface area contributed by atoms with E-state index in [9.17, 15) is 4.79 Å². The van der Waals surface area contributed by atoms with Crippen molar-refractivity contribution in [1.29, 1.82) is 0 Å².